The van der Waals surface area contributed by atoms with Gasteiger partial charge in [-0.25, -0.2) is 4.68 Å². The van der Waals surface area contributed by atoms with E-state index in [1.165, 1.54) is 0 Å². The monoisotopic (exact) mass is 492 g/mol. The van der Waals surface area contributed by atoms with Gasteiger partial charge in [-0.2, -0.15) is 4.98 Å². The van der Waals surface area contributed by atoms with Gasteiger partial charge in [-0.3, -0.25) is 9.78 Å². The van der Waals surface area contributed by atoms with Gasteiger partial charge in [-0.05, 0) is 37.3 Å². The third-order valence-corrected chi connectivity index (χ3v) is 6.23. The van der Waals surface area contributed by atoms with Crippen molar-refractivity contribution in [1.29, 1.82) is 0 Å². The van der Waals surface area contributed by atoms with Crippen LogP contribution in [0.2, 0.25) is 10.0 Å². The van der Waals surface area contributed by atoms with E-state index in [4.69, 9.17) is 23.2 Å². The quantitative estimate of drug-likeness (QED) is 0.357. The molecule has 1 amide bonds. The number of hydrogen-bond acceptors (Lipinski definition) is 6. The number of phenolic OH excluding ortho intramolecular Hbond substituents is 1. The zero-order chi connectivity index (χ0) is 23.8. The van der Waals surface area contributed by atoms with Crippen LogP contribution >= 0.6 is 23.2 Å². The molecular formula is C24H18Cl2N6O2. The fraction of sp³-hybridized carbons (Fsp3) is 0.0833. The molecule has 34 heavy (non-hydrogen) atoms. The van der Waals surface area contributed by atoms with Crippen molar-refractivity contribution in [1.82, 2.24) is 19.7 Å². The van der Waals surface area contributed by atoms with Crippen LogP contribution in [0.15, 0.2) is 78.3 Å². The van der Waals surface area contributed by atoms with E-state index in [-0.39, 0.29) is 11.7 Å². The number of aromatic nitrogens is 4. The lowest BCUT2D eigenvalue weighted by Gasteiger charge is -2.29. The molecule has 170 valence electrons. The number of pyridine rings is 1. The number of phenols is 1. The van der Waals surface area contributed by atoms with E-state index in [9.17, 15) is 9.90 Å². The number of carbonyl (C=O) groups is 1. The predicted octanol–water partition coefficient (Wildman–Crippen LogP) is 5.28. The Morgan fingerprint density at radius 2 is 1.97 bits per heavy atom. The molecule has 0 fully saturated rings. The molecule has 2 aromatic heterocycles. The van der Waals surface area contributed by atoms with E-state index < -0.39 is 6.04 Å². The highest BCUT2D eigenvalue weighted by Gasteiger charge is 2.36. The Hall–Kier alpha value is -3.88. The molecule has 0 spiro atoms. The van der Waals surface area contributed by atoms with Crippen LogP contribution in [0, 0.1) is 0 Å². The van der Waals surface area contributed by atoms with Crippen molar-refractivity contribution >= 4 is 40.7 Å². The molecule has 0 radical (unpaired) electrons. The first kappa shape index (κ1) is 21.9. The summed E-state index contributed by atoms with van der Waals surface area (Å²) in [5.41, 5.74) is 2.75. The molecule has 1 aliphatic rings. The van der Waals surface area contributed by atoms with Crippen molar-refractivity contribution < 1.29 is 9.90 Å². The van der Waals surface area contributed by atoms with Crippen LogP contribution in [-0.4, -0.2) is 30.8 Å². The van der Waals surface area contributed by atoms with E-state index in [1.807, 2.05) is 0 Å². The van der Waals surface area contributed by atoms with Crippen molar-refractivity contribution in [3.05, 3.63) is 93.9 Å². The molecule has 4 aromatic rings. The molecule has 0 aliphatic carbocycles. The number of aromatic hydroxyl groups is 1. The Kier molecular flexibility index (Phi) is 5.69. The zero-order valence-corrected chi connectivity index (χ0v) is 19.3. The summed E-state index contributed by atoms with van der Waals surface area (Å²) in [7, 11) is 0. The van der Waals surface area contributed by atoms with E-state index >= 15 is 0 Å². The Balaban J connectivity index is 1.65. The first-order chi connectivity index (χ1) is 16.4. The second-order valence-electron chi connectivity index (χ2n) is 7.66. The maximum absolute atomic E-state index is 13.5. The molecule has 1 aliphatic heterocycles. The summed E-state index contributed by atoms with van der Waals surface area (Å²) < 4.78 is 1.60. The van der Waals surface area contributed by atoms with Gasteiger partial charge in [0.15, 0.2) is 5.82 Å². The summed E-state index contributed by atoms with van der Waals surface area (Å²) in [6.45, 7) is 1.79. The molecule has 0 saturated heterocycles. The number of amides is 1. The number of rotatable bonds is 4. The summed E-state index contributed by atoms with van der Waals surface area (Å²) in [5.74, 6) is 0.552. The van der Waals surface area contributed by atoms with Crippen molar-refractivity contribution in [2.45, 2.75) is 13.0 Å². The molecule has 0 bridgehead atoms. The minimum atomic E-state index is -0.710. The number of hydrogen-bond donors (Lipinski definition) is 3. The van der Waals surface area contributed by atoms with Gasteiger partial charge in [0.1, 0.15) is 11.8 Å². The summed E-state index contributed by atoms with van der Waals surface area (Å²) in [5, 5.41) is 21.3. The number of nitrogens with one attached hydrogen (secondary N) is 2. The minimum Gasteiger partial charge on any atom is -0.508 e. The van der Waals surface area contributed by atoms with Crippen LogP contribution in [0.5, 0.6) is 5.75 Å². The third-order valence-electron chi connectivity index (χ3n) is 5.40. The predicted molar refractivity (Wildman–Crippen MR) is 131 cm³/mol. The Morgan fingerprint density at radius 1 is 1.15 bits per heavy atom. The molecular weight excluding hydrogens is 475 g/mol. The maximum atomic E-state index is 13.5. The molecule has 1 atom stereocenters. The van der Waals surface area contributed by atoms with Crippen molar-refractivity contribution in [2.24, 2.45) is 0 Å². The maximum Gasteiger partial charge on any atom is 0.255 e. The van der Waals surface area contributed by atoms with Gasteiger partial charge in [0, 0.05) is 23.0 Å². The van der Waals surface area contributed by atoms with Gasteiger partial charge < -0.3 is 15.7 Å². The van der Waals surface area contributed by atoms with E-state index in [0.717, 1.165) is 0 Å². The summed E-state index contributed by atoms with van der Waals surface area (Å²) >= 11 is 12.9. The van der Waals surface area contributed by atoms with E-state index in [2.05, 4.69) is 25.7 Å². The number of halogens is 2. The Bertz CT molecular complexity index is 1430. The van der Waals surface area contributed by atoms with Crippen molar-refractivity contribution in [3.8, 4) is 17.1 Å². The largest absolute Gasteiger partial charge is 0.508 e. The fourth-order valence-electron chi connectivity index (χ4n) is 3.87. The number of allylic oxidation sites excluding steroid dienone is 1. The van der Waals surface area contributed by atoms with Crippen LogP contribution in [0.25, 0.3) is 11.4 Å². The lowest BCUT2D eigenvalue weighted by molar-refractivity contribution is -0.113. The summed E-state index contributed by atoms with van der Waals surface area (Å²) in [6.07, 6.45) is 3.19. The van der Waals surface area contributed by atoms with Gasteiger partial charge in [-0.1, -0.05) is 47.5 Å². The van der Waals surface area contributed by atoms with Crippen LogP contribution in [0.1, 0.15) is 18.5 Å². The third kappa shape index (κ3) is 3.98. The van der Waals surface area contributed by atoms with Crippen molar-refractivity contribution in [2.75, 3.05) is 10.6 Å². The lowest BCUT2D eigenvalue weighted by Crippen LogP contribution is -2.31. The Labute approximate surface area is 204 Å². The van der Waals surface area contributed by atoms with E-state index in [1.54, 1.807) is 78.6 Å². The second kappa shape index (κ2) is 8.81. The number of carbonyl (C=O) groups excluding carboxylic acids is 1. The standard InChI is InChI=1S/C24H18Cl2N6O2/c1-13-19(23(34)29-15-6-4-10-27-12-15)21(17-8-3-9-18(25)20(17)26)32-24(28-13)30-22(31-32)14-5-2-7-16(33)11-14/h2-12,21,33H,1H3,(H,29,34)(H,28,30,31). The van der Waals surface area contributed by atoms with Crippen LogP contribution < -0.4 is 10.6 Å². The van der Waals surface area contributed by atoms with Crippen molar-refractivity contribution in [3.63, 3.8) is 0 Å². The molecule has 8 nitrogen and oxygen atoms in total. The molecule has 1 unspecified atom stereocenters. The van der Waals surface area contributed by atoms with Gasteiger partial charge in [0.2, 0.25) is 5.95 Å². The molecule has 0 saturated carbocycles. The highest BCUT2D eigenvalue weighted by molar-refractivity contribution is 6.42. The second-order valence-corrected chi connectivity index (χ2v) is 8.44. The average molecular weight is 493 g/mol. The van der Waals surface area contributed by atoms with Crippen LogP contribution in [0.3, 0.4) is 0 Å². The fourth-order valence-corrected chi connectivity index (χ4v) is 4.28. The molecule has 3 N–H and O–H groups in total. The summed E-state index contributed by atoms with van der Waals surface area (Å²) in [4.78, 5) is 22.1. The first-order valence-corrected chi connectivity index (χ1v) is 11.1. The normalized spacial score (nSPS) is 15.0. The number of fused-ring (bicyclic) bond motifs is 1. The zero-order valence-electron chi connectivity index (χ0n) is 17.8. The van der Waals surface area contributed by atoms with Gasteiger partial charge >= 0.3 is 0 Å². The number of nitrogens with zero attached hydrogens (tertiary/aromatic N) is 4. The van der Waals surface area contributed by atoms with Gasteiger partial charge in [-0.15, -0.1) is 5.10 Å². The molecule has 5 rings (SSSR count). The van der Waals surface area contributed by atoms with Gasteiger partial charge in [0.25, 0.3) is 5.91 Å². The Morgan fingerprint density at radius 3 is 2.74 bits per heavy atom. The van der Waals surface area contributed by atoms with Crippen LogP contribution in [-0.2, 0) is 4.79 Å². The molecule has 10 heteroatoms. The number of anilines is 2. The lowest BCUT2D eigenvalue weighted by atomic mass is 9.95. The topological polar surface area (TPSA) is 105 Å². The summed E-state index contributed by atoms with van der Waals surface area (Å²) in [6, 6.07) is 14.7. The average Bonchev–Trinajstić information content (AvgIpc) is 3.24. The van der Waals surface area contributed by atoms with Crippen LogP contribution in [0.4, 0.5) is 11.6 Å². The smallest absolute Gasteiger partial charge is 0.255 e. The van der Waals surface area contributed by atoms with E-state index in [0.29, 0.717) is 49.9 Å². The molecule has 3 heterocycles. The highest BCUT2D eigenvalue weighted by Crippen LogP contribution is 2.41. The van der Waals surface area contributed by atoms with Gasteiger partial charge in [0.05, 0.1) is 27.5 Å². The highest BCUT2D eigenvalue weighted by atomic mass is 35.5. The SMILES string of the molecule is CC1=C(C(=O)Nc2cccnc2)C(c2cccc(Cl)c2Cl)n2nc(-c3cccc(O)c3)nc2N1. The number of benzene rings is 2. The molecule has 2 aromatic carbocycles. The minimum absolute atomic E-state index is 0.0958. The first-order valence-electron chi connectivity index (χ1n) is 10.3.